The van der Waals surface area contributed by atoms with Crippen molar-refractivity contribution in [3.8, 4) is 0 Å². The van der Waals surface area contributed by atoms with Crippen LogP contribution in [0, 0.1) is 5.92 Å². The van der Waals surface area contributed by atoms with Crippen molar-refractivity contribution < 1.29 is 0 Å². The summed E-state index contributed by atoms with van der Waals surface area (Å²) in [5.41, 5.74) is 1.10. The number of hydrogen-bond acceptors (Lipinski definition) is 3. The summed E-state index contributed by atoms with van der Waals surface area (Å²) in [5, 5.41) is 4.49. The zero-order valence-corrected chi connectivity index (χ0v) is 12.1. The molecule has 2 aromatic rings. The Hall–Kier alpha value is -1.09. The molecule has 1 atom stereocenters. The second kappa shape index (κ2) is 6.74. The fraction of sp³-hybridized carbons (Fsp3) is 0.533. The number of rotatable bonds is 7. The topological polar surface area (TPSA) is 24.9 Å². The summed E-state index contributed by atoms with van der Waals surface area (Å²) in [4.78, 5) is 4.57. The van der Waals surface area contributed by atoms with Crippen LogP contribution < -0.4 is 5.32 Å². The fourth-order valence-corrected chi connectivity index (χ4v) is 2.86. The molecule has 3 heteroatoms. The molecule has 1 heterocycles. The van der Waals surface area contributed by atoms with E-state index in [9.17, 15) is 0 Å². The average molecular weight is 262 g/mol. The van der Waals surface area contributed by atoms with Crippen LogP contribution in [-0.4, -0.2) is 11.5 Å². The van der Waals surface area contributed by atoms with E-state index >= 15 is 0 Å². The number of fused-ring (bicyclic) bond motifs is 1. The van der Waals surface area contributed by atoms with Gasteiger partial charge in [-0.15, -0.1) is 0 Å². The number of para-hydroxylation sites is 1. The third-order valence-corrected chi connectivity index (χ3v) is 4.38. The van der Waals surface area contributed by atoms with Crippen molar-refractivity contribution in [1.82, 2.24) is 4.98 Å². The van der Waals surface area contributed by atoms with Crippen LogP contribution in [0.5, 0.6) is 0 Å². The van der Waals surface area contributed by atoms with Gasteiger partial charge in [0, 0.05) is 6.54 Å². The molecule has 2 rings (SSSR count). The maximum atomic E-state index is 4.57. The first kappa shape index (κ1) is 13.3. The van der Waals surface area contributed by atoms with Gasteiger partial charge in [-0.2, -0.15) is 0 Å². The van der Waals surface area contributed by atoms with Crippen LogP contribution in [0.2, 0.25) is 0 Å². The van der Waals surface area contributed by atoms with Crippen molar-refractivity contribution in [3.05, 3.63) is 24.3 Å². The molecule has 0 bridgehead atoms. The Morgan fingerprint density at radius 3 is 2.89 bits per heavy atom. The summed E-state index contributed by atoms with van der Waals surface area (Å²) in [6.07, 6.45) is 5.19. The Kier molecular flexibility index (Phi) is 5.00. The third kappa shape index (κ3) is 3.70. The maximum Gasteiger partial charge on any atom is 0.183 e. The fourth-order valence-electron chi connectivity index (χ4n) is 1.97. The third-order valence-electron chi connectivity index (χ3n) is 3.39. The number of aromatic nitrogens is 1. The van der Waals surface area contributed by atoms with E-state index in [1.54, 1.807) is 11.3 Å². The lowest BCUT2D eigenvalue weighted by molar-refractivity contribution is 0.489. The van der Waals surface area contributed by atoms with Crippen LogP contribution in [-0.2, 0) is 0 Å². The van der Waals surface area contributed by atoms with Crippen molar-refractivity contribution in [3.63, 3.8) is 0 Å². The van der Waals surface area contributed by atoms with Gasteiger partial charge in [0.05, 0.1) is 10.2 Å². The second-order valence-corrected chi connectivity index (χ2v) is 5.95. The van der Waals surface area contributed by atoms with E-state index in [1.165, 1.54) is 30.4 Å². The first-order valence-electron chi connectivity index (χ1n) is 6.89. The molecule has 0 saturated carbocycles. The molecule has 2 nitrogen and oxygen atoms in total. The zero-order valence-electron chi connectivity index (χ0n) is 11.3. The lowest BCUT2D eigenvalue weighted by Crippen LogP contribution is -2.02. The monoisotopic (exact) mass is 262 g/mol. The predicted molar refractivity (Wildman–Crippen MR) is 81.4 cm³/mol. The maximum absolute atomic E-state index is 4.57. The van der Waals surface area contributed by atoms with Gasteiger partial charge in [-0.05, 0) is 24.5 Å². The molecule has 1 N–H and O–H groups in total. The SMILES string of the molecule is CC[C@H](C)CCCCNc1nc2ccccc2s1. The Bertz CT molecular complexity index is 445. The van der Waals surface area contributed by atoms with Crippen LogP contribution in [0.4, 0.5) is 5.13 Å². The van der Waals surface area contributed by atoms with E-state index in [4.69, 9.17) is 0 Å². The highest BCUT2D eigenvalue weighted by atomic mass is 32.1. The van der Waals surface area contributed by atoms with Crippen molar-refractivity contribution in [1.29, 1.82) is 0 Å². The van der Waals surface area contributed by atoms with Gasteiger partial charge in [0.1, 0.15) is 0 Å². The number of unbranched alkanes of at least 4 members (excludes halogenated alkanes) is 1. The Morgan fingerprint density at radius 1 is 1.28 bits per heavy atom. The highest BCUT2D eigenvalue weighted by Gasteiger charge is 2.02. The molecule has 98 valence electrons. The van der Waals surface area contributed by atoms with E-state index in [2.05, 4.69) is 42.3 Å². The van der Waals surface area contributed by atoms with Gasteiger partial charge in [-0.25, -0.2) is 4.98 Å². The van der Waals surface area contributed by atoms with Crippen molar-refractivity contribution in [2.45, 2.75) is 39.5 Å². The van der Waals surface area contributed by atoms with Gasteiger partial charge in [-0.1, -0.05) is 56.6 Å². The molecule has 0 aliphatic heterocycles. The molecule has 0 aliphatic rings. The first-order valence-corrected chi connectivity index (χ1v) is 7.70. The summed E-state index contributed by atoms with van der Waals surface area (Å²) in [6.45, 7) is 5.64. The molecule has 1 aromatic heterocycles. The number of nitrogens with one attached hydrogen (secondary N) is 1. The first-order chi connectivity index (χ1) is 8.79. The van der Waals surface area contributed by atoms with Gasteiger partial charge < -0.3 is 5.32 Å². The van der Waals surface area contributed by atoms with Gasteiger partial charge in [0.2, 0.25) is 0 Å². The van der Waals surface area contributed by atoms with Crippen LogP contribution >= 0.6 is 11.3 Å². The summed E-state index contributed by atoms with van der Waals surface area (Å²) in [6, 6.07) is 8.30. The van der Waals surface area contributed by atoms with Crippen LogP contribution in [0.25, 0.3) is 10.2 Å². The van der Waals surface area contributed by atoms with Crippen molar-refractivity contribution in [2.24, 2.45) is 5.92 Å². The number of thiazole rings is 1. The van der Waals surface area contributed by atoms with E-state index in [0.29, 0.717) is 0 Å². The predicted octanol–water partition coefficient (Wildman–Crippen LogP) is 4.92. The molecule has 1 aromatic carbocycles. The molecule has 0 fully saturated rings. The standard InChI is InChI=1S/C15H22N2S/c1-3-12(2)8-6-7-11-16-15-17-13-9-4-5-10-14(13)18-15/h4-5,9-10,12H,3,6-8,11H2,1-2H3,(H,16,17)/t12-/m0/s1. The zero-order chi connectivity index (χ0) is 12.8. The van der Waals surface area contributed by atoms with Crippen molar-refractivity contribution >= 4 is 26.7 Å². The van der Waals surface area contributed by atoms with Crippen molar-refractivity contribution in [2.75, 3.05) is 11.9 Å². The molecular weight excluding hydrogens is 240 g/mol. The lowest BCUT2D eigenvalue weighted by Gasteiger charge is -2.07. The molecule has 18 heavy (non-hydrogen) atoms. The van der Waals surface area contributed by atoms with Gasteiger partial charge in [-0.3, -0.25) is 0 Å². The van der Waals surface area contributed by atoms with E-state index in [1.807, 2.05) is 6.07 Å². The molecule has 0 amide bonds. The molecule has 0 spiro atoms. The van der Waals surface area contributed by atoms with Crippen LogP contribution in [0.15, 0.2) is 24.3 Å². The quantitative estimate of drug-likeness (QED) is 0.716. The minimum absolute atomic E-state index is 0.868. The molecule has 0 aliphatic carbocycles. The number of benzene rings is 1. The number of nitrogens with zero attached hydrogens (tertiary/aromatic N) is 1. The highest BCUT2D eigenvalue weighted by Crippen LogP contribution is 2.25. The lowest BCUT2D eigenvalue weighted by atomic mass is 10.0. The van der Waals surface area contributed by atoms with E-state index in [-0.39, 0.29) is 0 Å². The molecular formula is C15H22N2S. The normalized spacial score (nSPS) is 12.8. The second-order valence-electron chi connectivity index (χ2n) is 4.92. The summed E-state index contributed by atoms with van der Waals surface area (Å²) < 4.78 is 1.26. The number of hydrogen-bond donors (Lipinski definition) is 1. The van der Waals surface area contributed by atoms with Gasteiger partial charge in [0.25, 0.3) is 0 Å². The van der Waals surface area contributed by atoms with E-state index in [0.717, 1.165) is 23.1 Å². The van der Waals surface area contributed by atoms with Gasteiger partial charge in [0.15, 0.2) is 5.13 Å². The molecule has 0 radical (unpaired) electrons. The largest absolute Gasteiger partial charge is 0.361 e. The summed E-state index contributed by atoms with van der Waals surface area (Å²) >= 11 is 1.74. The Morgan fingerprint density at radius 2 is 2.11 bits per heavy atom. The molecule has 0 saturated heterocycles. The molecule has 0 unspecified atom stereocenters. The van der Waals surface area contributed by atoms with Crippen LogP contribution in [0.3, 0.4) is 0 Å². The average Bonchev–Trinajstić information content (AvgIpc) is 2.80. The van der Waals surface area contributed by atoms with Gasteiger partial charge >= 0.3 is 0 Å². The summed E-state index contributed by atoms with van der Waals surface area (Å²) in [7, 11) is 0. The summed E-state index contributed by atoms with van der Waals surface area (Å²) in [5.74, 6) is 0.868. The smallest absolute Gasteiger partial charge is 0.183 e. The minimum atomic E-state index is 0.868. The Labute approximate surface area is 113 Å². The van der Waals surface area contributed by atoms with E-state index < -0.39 is 0 Å². The number of anilines is 1. The van der Waals surface area contributed by atoms with Crippen LogP contribution in [0.1, 0.15) is 39.5 Å². The Balaban J connectivity index is 1.73. The minimum Gasteiger partial charge on any atom is -0.361 e. The highest BCUT2D eigenvalue weighted by molar-refractivity contribution is 7.22.